The van der Waals surface area contributed by atoms with E-state index < -0.39 is 0 Å². The van der Waals surface area contributed by atoms with E-state index in [9.17, 15) is 0 Å². The molecule has 0 aliphatic carbocycles. The lowest BCUT2D eigenvalue weighted by Crippen LogP contribution is -2.61. The monoisotopic (exact) mass is 346 g/mol. The minimum absolute atomic E-state index is 0.153. The molecule has 1 heterocycles. The quantitative estimate of drug-likeness (QED) is 0.856. The zero-order chi connectivity index (χ0) is 15.0. The number of halogens is 1. The summed E-state index contributed by atoms with van der Waals surface area (Å²) in [6.07, 6.45) is 1.16. The molecule has 0 spiro atoms. The Hall–Kier alpha value is -1.06. The molecule has 0 radical (unpaired) electrons. The van der Waals surface area contributed by atoms with Crippen molar-refractivity contribution >= 4 is 32.4 Å². The van der Waals surface area contributed by atoms with Gasteiger partial charge in [0.15, 0.2) is 0 Å². The Labute approximate surface area is 135 Å². The number of fused-ring (bicyclic) bond motifs is 1. The molecule has 1 aliphatic heterocycles. The molecule has 0 saturated carbocycles. The first-order valence-corrected chi connectivity index (χ1v) is 8.50. The Morgan fingerprint density at radius 2 is 1.90 bits per heavy atom. The number of piperazine rings is 1. The van der Waals surface area contributed by atoms with Gasteiger partial charge in [-0.3, -0.25) is 0 Å². The second-order valence-corrected chi connectivity index (χ2v) is 7.42. The highest BCUT2D eigenvalue weighted by Gasteiger charge is 2.32. The Bertz CT molecular complexity index is 651. The van der Waals surface area contributed by atoms with E-state index in [1.807, 2.05) is 0 Å². The van der Waals surface area contributed by atoms with Crippen LogP contribution in [-0.2, 0) is 0 Å². The van der Waals surface area contributed by atoms with Crippen molar-refractivity contribution < 1.29 is 0 Å². The van der Waals surface area contributed by atoms with Gasteiger partial charge in [0.2, 0.25) is 0 Å². The molecule has 3 heteroatoms. The molecule has 0 amide bonds. The van der Waals surface area contributed by atoms with Gasteiger partial charge in [-0.05, 0) is 37.8 Å². The van der Waals surface area contributed by atoms with Gasteiger partial charge in [0, 0.05) is 40.2 Å². The number of hydrogen-bond acceptors (Lipinski definition) is 2. The molecule has 0 bridgehead atoms. The average molecular weight is 347 g/mol. The summed E-state index contributed by atoms with van der Waals surface area (Å²) in [7, 11) is 0. The summed E-state index contributed by atoms with van der Waals surface area (Å²) >= 11 is 3.68. The Morgan fingerprint density at radius 3 is 2.62 bits per heavy atom. The number of rotatable bonds is 2. The molecule has 1 saturated heterocycles. The van der Waals surface area contributed by atoms with Crippen LogP contribution in [0.2, 0.25) is 0 Å². The van der Waals surface area contributed by atoms with Crippen molar-refractivity contribution in [2.24, 2.45) is 0 Å². The van der Waals surface area contributed by atoms with E-state index in [0.29, 0.717) is 6.04 Å². The van der Waals surface area contributed by atoms with Crippen molar-refractivity contribution in [3.05, 3.63) is 40.9 Å². The molecule has 1 atom stereocenters. The predicted molar refractivity (Wildman–Crippen MR) is 95.2 cm³/mol. The molecule has 1 unspecified atom stereocenters. The highest BCUT2D eigenvalue weighted by molar-refractivity contribution is 9.10. The van der Waals surface area contributed by atoms with E-state index in [4.69, 9.17) is 0 Å². The second-order valence-electron chi connectivity index (χ2n) is 6.57. The van der Waals surface area contributed by atoms with Crippen LogP contribution in [0, 0.1) is 0 Å². The molecule has 1 N–H and O–H groups in total. The molecule has 3 rings (SSSR count). The molecule has 2 aromatic carbocycles. The fourth-order valence-corrected chi connectivity index (χ4v) is 3.74. The molecular weight excluding hydrogens is 324 g/mol. The molecule has 1 aliphatic rings. The molecule has 2 aromatic rings. The van der Waals surface area contributed by atoms with Crippen molar-refractivity contribution in [2.45, 2.75) is 38.8 Å². The van der Waals surface area contributed by atoms with Crippen LogP contribution in [0.15, 0.2) is 40.9 Å². The predicted octanol–water partition coefficient (Wildman–Crippen LogP) is 4.57. The van der Waals surface area contributed by atoms with Gasteiger partial charge in [0.25, 0.3) is 0 Å². The summed E-state index contributed by atoms with van der Waals surface area (Å²) in [5.41, 5.74) is 1.51. The first-order valence-electron chi connectivity index (χ1n) is 7.71. The van der Waals surface area contributed by atoms with Crippen LogP contribution >= 0.6 is 15.9 Å². The fourth-order valence-electron chi connectivity index (χ4n) is 3.26. The molecule has 1 fully saturated rings. The summed E-state index contributed by atoms with van der Waals surface area (Å²) in [6.45, 7) is 8.93. The number of nitrogens with zero attached hydrogens (tertiary/aromatic N) is 1. The van der Waals surface area contributed by atoms with Gasteiger partial charge in [0.05, 0.1) is 0 Å². The summed E-state index contributed by atoms with van der Waals surface area (Å²) in [5.74, 6) is 0. The Balaban J connectivity index is 2.11. The maximum absolute atomic E-state index is 3.68. The van der Waals surface area contributed by atoms with Crippen LogP contribution in [0.3, 0.4) is 0 Å². The third kappa shape index (κ3) is 2.82. The second kappa shape index (κ2) is 5.62. The van der Waals surface area contributed by atoms with Crippen LogP contribution < -0.4 is 10.2 Å². The maximum Gasteiger partial charge on any atom is 0.0450 e. The SMILES string of the molecule is CCC1CNC(C)(C)CN1c1ccc(Br)c2ccccc12. The summed E-state index contributed by atoms with van der Waals surface area (Å²) < 4.78 is 1.17. The molecule has 2 nitrogen and oxygen atoms in total. The van der Waals surface area contributed by atoms with Crippen LogP contribution in [0.25, 0.3) is 10.8 Å². The van der Waals surface area contributed by atoms with Gasteiger partial charge < -0.3 is 10.2 Å². The lowest BCUT2D eigenvalue weighted by Gasteiger charge is -2.46. The van der Waals surface area contributed by atoms with Crippen molar-refractivity contribution in [2.75, 3.05) is 18.0 Å². The van der Waals surface area contributed by atoms with Crippen molar-refractivity contribution in [1.29, 1.82) is 0 Å². The first kappa shape index (κ1) is 14.9. The summed E-state index contributed by atoms with van der Waals surface area (Å²) in [5, 5.41) is 6.30. The zero-order valence-electron chi connectivity index (χ0n) is 13.0. The molecule has 0 aromatic heterocycles. The standard InChI is InChI=1S/C18H23BrN2/c1-4-13-11-20-18(2,3)12-21(13)17-10-9-16(19)14-7-5-6-8-15(14)17/h5-10,13,20H,4,11-12H2,1-3H3. The van der Waals surface area contributed by atoms with E-state index >= 15 is 0 Å². The minimum atomic E-state index is 0.153. The van der Waals surface area contributed by atoms with E-state index in [1.54, 1.807) is 0 Å². The van der Waals surface area contributed by atoms with Gasteiger partial charge in [0.1, 0.15) is 0 Å². The summed E-state index contributed by atoms with van der Waals surface area (Å²) in [6, 6.07) is 13.7. The number of benzene rings is 2. The fraction of sp³-hybridized carbons (Fsp3) is 0.444. The highest BCUT2D eigenvalue weighted by Crippen LogP contribution is 2.35. The number of anilines is 1. The average Bonchev–Trinajstić information content (AvgIpc) is 2.47. The minimum Gasteiger partial charge on any atom is -0.365 e. The van der Waals surface area contributed by atoms with Gasteiger partial charge in [-0.2, -0.15) is 0 Å². The number of hydrogen-bond donors (Lipinski definition) is 1. The van der Waals surface area contributed by atoms with Gasteiger partial charge in [-0.25, -0.2) is 0 Å². The third-order valence-corrected chi connectivity index (χ3v) is 5.14. The van der Waals surface area contributed by atoms with Gasteiger partial charge in [-0.15, -0.1) is 0 Å². The van der Waals surface area contributed by atoms with Crippen molar-refractivity contribution in [1.82, 2.24) is 5.32 Å². The smallest absolute Gasteiger partial charge is 0.0450 e. The highest BCUT2D eigenvalue weighted by atomic mass is 79.9. The van der Waals surface area contributed by atoms with Gasteiger partial charge in [-0.1, -0.05) is 47.1 Å². The topological polar surface area (TPSA) is 15.3 Å². The molecule has 21 heavy (non-hydrogen) atoms. The van der Waals surface area contributed by atoms with Crippen LogP contribution in [0.5, 0.6) is 0 Å². The normalized spacial score (nSPS) is 21.7. The maximum atomic E-state index is 3.68. The Morgan fingerprint density at radius 1 is 1.19 bits per heavy atom. The van der Waals surface area contributed by atoms with E-state index in [-0.39, 0.29) is 5.54 Å². The lowest BCUT2D eigenvalue weighted by molar-refractivity contribution is 0.306. The molecule has 112 valence electrons. The van der Waals surface area contributed by atoms with Crippen molar-refractivity contribution in [3.63, 3.8) is 0 Å². The van der Waals surface area contributed by atoms with Crippen molar-refractivity contribution in [3.8, 4) is 0 Å². The lowest BCUT2D eigenvalue weighted by atomic mass is 9.95. The molecular formula is C18H23BrN2. The zero-order valence-corrected chi connectivity index (χ0v) is 14.6. The van der Waals surface area contributed by atoms with Crippen LogP contribution in [0.1, 0.15) is 27.2 Å². The van der Waals surface area contributed by atoms with Crippen LogP contribution in [-0.4, -0.2) is 24.7 Å². The summed E-state index contributed by atoms with van der Waals surface area (Å²) in [4.78, 5) is 2.59. The Kier molecular flexibility index (Phi) is 3.98. The van der Waals surface area contributed by atoms with Gasteiger partial charge >= 0.3 is 0 Å². The van der Waals surface area contributed by atoms with Crippen LogP contribution in [0.4, 0.5) is 5.69 Å². The first-order chi connectivity index (χ1) is 10.0. The van der Waals surface area contributed by atoms with E-state index in [1.165, 1.54) is 20.9 Å². The van der Waals surface area contributed by atoms with E-state index in [2.05, 4.69) is 83.3 Å². The largest absolute Gasteiger partial charge is 0.365 e. The third-order valence-electron chi connectivity index (χ3n) is 4.45. The number of nitrogens with one attached hydrogen (secondary N) is 1. The van der Waals surface area contributed by atoms with E-state index in [0.717, 1.165) is 19.5 Å².